The maximum atomic E-state index is 12.7. The lowest BCUT2D eigenvalue weighted by Gasteiger charge is -2.29. The van der Waals surface area contributed by atoms with E-state index in [0.29, 0.717) is 30.8 Å². The molecule has 1 heterocycles. The van der Waals surface area contributed by atoms with Gasteiger partial charge in [-0.1, -0.05) is 47.6 Å². The highest BCUT2D eigenvalue weighted by molar-refractivity contribution is 7.85. The van der Waals surface area contributed by atoms with Crippen molar-refractivity contribution >= 4 is 16.0 Å². The Kier molecular flexibility index (Phi) is 9.12. The number of azide groups is 1. The van der Waals surface area contributed by atoms with E-state index in [1.54, 1.807) is 53.4 Å². The van der Waals surface area contributed by atoms with E-state index in [9.17, 15) is 13.2 Å². The van der Waals surface area contributed by atoms with Gasteiger partial charge in [0.05, 0.1) is 0 Å². The second kappa shape index (κ2) is 12.2. The van der Waals surface area contributed by atoms with E-state index in [2.05, 4.69) is 10.0 Å². The van der Waals surface area contributed by atoms with Crippen LogP contribution in [0.4, 0.5) is 0 Å². The Bertz CT molecular complexity index is 1050. The Balaban J connectivity index is 1.46. The van der Waals surface area contributed by atoms with Crippen LogP contribution in [0.2, 0.25) is 0 Å². The van der Waals surface area contributed by atoms with Gasteiger partial charge in [0.25, 0.3) is 10.1 Å². The van der Waals surface area contributed by atoms with Gasteiger partial charge in [-0.25, -0.2) is 0 Å². The zero-order chi connectivity index (χ0) is 23.5. The molecular weight excluding hydrogens is 444 g/mol. The van der Waals surface area contributed by atoms with E-state index in [0.717, 1.165) is 24.8 Å². The van der Waals surface area contributed by atoms with Gasteiger partial charge in [-0.2, -0.15) is 8.42 Å². The summed E-state index contributed by atoms with van der Waals surface area (Å²) in [6.45, 7) is 1.38. The number of carbonyl (C=O) groups excluding carboxylic acids is 1. The van der Waals surface area contributed by atoms with Gasteiger partial charge in [0, 0.05) is 18.0 Å². The number of carbonyl (C=O) groups is 1. The van der Waals surface area contributed by atoms with Crippen LogP contribution < -0.4 is 4.74 Å². The Morgan fingerprint density at radius 1 is 1.00 bits per heavy atom. The minimum absolute atomic E-state index is 0.0716. The lowest BCUT2D eigenvalue weighted by atomic mass is 10.0. The summed E-state index contributed by atoms with van der Waals surface area (Å²) in [6.07, 6.45) is 3.36. The van der Waals surface area contributed by atoms with E-state index in [1.807, 2.05) is 6.07 Å². The molecule has 0 radical (unpaired) electrons. The molecular formula is C23H28N4O5S. The van der Waals surface area contributed by atoms with Gasteiger partial charge in [-0.15, -0.1) is 0 Å². The highest BCUT2D eigenvalue weighted by atomic mass is 32.2. The number of hydrogen-bond acceptors (Lipinski definition) is 6. The van der Waals surface area contributed by atoms with Gasteiger partial charge in [-0.3, -0.25) is 8.98 Å². The summed E-state index contributed by atoms with van der Waals surface area (Å²) in [6, 6.07) is 15.1. The standard InChI is InChI=1S/C23H28N4O5S/c24-26-25-22(23(28)27-13-5-2-6-14-27)17-19-9-11-21(12-10-19)31-15-16-32-33(29,30)18-20-7-3-1-4-8-20/h1,3-4,7-12,22H,2,5-6,13-18H2/t22-/m0/s1. The van der Waals surface area contributed by atoms with Crippen molar-refractivity contribution in [3.63, 3.8) is 0 Å². The lowest BCUT2D eigenvalue weighted by Crippen LogP contribution is -2.42. The molecule has 1 saturated heterocycles. The molecule has 9 nitrogen and oxygen atoms in total. The number of piperidine rings is 1. The van der Waals surface area contributed by atoms with E-state index < -0.39 is 16.2 Å². The van der Waals surface area contributed by atoms with E-state index in [4.69, 9.17) is 14.5 Å². The van der Waals surface area contributed by atoms with Crippen molar-refractivity contribution in [2.45, 2.75) is 37.5 Å². The third kappa shape index (κ3) is 8.09. The molecule has 0 aromatic heterocycles. The van der Waals surface area contributed by atoms with E-state index in [-0.39, 0.29) is 24.9 Å². The van der Waals surface area contributed by atoms with Crippen LogP contribution in [-0.4, -0.2) is 51.6 Å². The third-order valence-corrected chi connectivity index (χ3v) is 6.51. The fraction of sp³-hybridized carbons (Fsp3) is 0.435. The highest BCUT2D eigenvalue weighted by Crippen LogP contribution is 2.17. The number of nitrogens with zero attached hydrogens (tertiary/aromatic N) is 4. The number of hydrogen-bond donors (Lipinski definition) is 0. The van der Waals surface area contributed by atoms with Crippen LogP contribution in [0.1, 0.15) is 30.4 Å². The van der Waals surface area contributed by atoms with Crippen molar-refractivity contribution in [2.24, 2.45) is 5.11 Å². The van der Waals surface area contributed by atoms with Crippen molar-refractivity contribution < 1.29 is 22.1 Å². The van der Waals surface area contributed by atoms with Gasteiger partial charge in [0.2, 0.25) is 5.91 Å². The summed E-state index contributed by atoms with van der Waals surface area (Å²) in [5.41, 5.74) is 10.4. The first-order valence-electron chi connectivity index (χ1n) is 10.9. The van der Waals surface area contributed by atoms with E-state index in [1.165, 1.54) is 0 Å². The summed E-state index contributed by atoms with van der Waals surface area (Å²) >= 11 is 0. The average molecular weight is 473 g/mol. The second-order valence-corrected chi connectivity index (χ2v) is 9.45. The Labute approximate surface area is 194 Å². The van der Waals surface area contributed by atoms with Gasteiger partial charge in [-0.05, 0) is 54.5 Å². The first-order valence-corrected chi connectivity index (χ1v) is 12.5. The normalized spacial score (nSPS) is 14.8. The van der Waals surface area contributed by atoms with Crippen LogP contribution in [0.25, 0.3) is 10.4 Å². The predicted octanol–water partition coefficient (Wildman–Crippen LogP) is 3.85. The average Bonchev–Trinajstić information content (AvgIpc) is 2.83. The molecule has 176 valence electrons. The van der Waals surface area contributed by atoms with Crippen molar-refractivity contribution in [3.05, 3.63) is 76.2 Å². The maximum Gasteiger partial charge on any atom is 0.271 e. The zero-order valence-corrected chi connectivity index (χ0v) is 19.2. The number of benzene rings is 2. The largest absolute Gasteiger partial charge is 0.491 e. The fourth-order valence-corrected chi connectivity index (χ4v) is 4.66. The van der Waals surface area contributed by atoms with Crippen molar-refractivity contribution in [3.8, 4) is 5.75 Å². The fourth-order valence-electron chi connectivity index (χ4n) is 3.65. The summed E-state index contributed by atoms with van der Waals surface area (Å²) < 4.78 is 34.6. The summed E-state index contributed by atoms with van der Waals surface area (Å²) in [7, 11) is -3.69. The number of rotatable bonds is 11. The van der Waals surface area contributed by atoms with Gasteiger partial charge < -0.3 is 9.64 Å². The molecule has 0 spiro atoms. The quantitative estimate of drug-likeness (QED) is 0.162. The molecule has 10 heteroatoms. The minimum Gasteiger partial charge on any atom is -0.491 e. The molecule has 1 aliphatic rings. The summed E-state index contributed by atoms with van der Waals surface area (Å²) in [4.78, 5) is 17.3. The molecule has 0 unspecified atom stereocenters. The molecule has 2 aromatic carbocycles. The Hall–Kier alpha value is -3.07. The second-order valence-electron chi connectivity index (χ2n) is 7.81. The molecule has 1 aliphatic heterocycles. The molecule has 3 rings (SSSR count). The number of amides is 1. The molecule has 0 aliphatic carbocycles. The van der Waals surface area contributed by atoms with Crippen molar-refractivity contribution in [1.29, 1.82) is 0 Å². The Morgan fingerprint density at radius 3 is 2.36 bits per heavy atom. The van der Waals surface area contributed by atoms with Crippen LogP contribution in [0.5, 0.6) is 5.75 Å². The zero-order valence-electron chi connectivity index (χ0n) is 18.4. The molecule has 33 heavy (non-hydrogen) atoms. The van der Waals surface area contributed by atoms with Crippen LogP contribution in [-0.2, 0) is 31.3 Å². The Morgan fingerprint density at radius 2 is 1.70 bits per heavy atom. The highest BCUT2D eigenvalue weighted by Gasteiger charge is 2.25. The van der Waals surface area contributed by atoms with E-state index >= 15 is 0 Å². The third-order valence-electron chi connectivity index (χ3n) is 5.30. The molecule has 0 bridgehead atoms. The summed E-state index contributed by atoms with van der Waals surface area (Å²) in [5, 5.41) is 3.72. The smallest absolute Gasteiger partial charge is 0.271 e. The predicted molar refractivity (Wildman–Crippen MR) is 124 cm³/mol. The van der Waals surface area contributed by atoms with Gasteiger partial charge in [0.1, 0.15) is 30.8 Å². The molecule has 1 amide bonds. The number of likely N-dealkylation sites (tertiary alicyclic amines) is 1. The minimum atomic E-state index is -3.69. The molecule has 0 N–H and O–H groups in total. The van der Waals surface area contributed by atoms with Gasteiger partial charge in [0.15, 0.2) is 0 Å². The van der Waals surface area contributed by atoms with Crippen molar-refractivity contribution in [1.82, 2.24) is 4.90 Å². The van der Waals surface area contributed by atoms with Crippen LogP contribution in [0.3, 0.4) is 0 Å². The maximum absolute atomic E-state index is 12.7. The molecule has 2 aromatic rings. The van der Waals surface area contributed by atoms with Crippen molar-refractivity contribution in [2.75, 3.05) is 26.3 Å². The molecule has 1 atom stereocenters. The SMILES string of the molecule is [N-]=[N+]=N[C@@H](Cc1ccc(OCCOS(=O)(=O)Cc2ccccc2)cc1)C(=O)N1CCCCC1. The molecule has 0 saturated carbocycles. The monoisotopic (exact) mass is 472 g/mol. The summed E-state index contributed by atoms with van der Waals surface area (Å²) in [5.74, 6) is 0.220. The van der Waals surface area contributed by atoms with Crippen LogP contribution in [0.15, 0.2) is 59.7 Å². The first kappa shape index (κ1) is 24.6. The first-order chi connectivity index (χ1) is 16.0. The topological polar surface area (TPSA) is 122 Å². The van der Waals surface area contributed by atoms with Gasteiger partial charge >= 0.3 is 0 Å². The van der Waals surface area contributed by atoms with Crippen LogP contribution >= 0.6 is 0 Å². The lowest BCUT2D eigenvalue weighted by molar-refractivity contribution is -0.133. The van der Waals surface area contributed by atoms with Crippen LogP contribution in [0, 0.1) is 0 Å². The number of ether oxygens (including phenoxy) is 1. The molecule has 1 fully saturated rings.